The fourth-order valence-electron chi connectivity index (χ4n) is 2.18. The molecule has 0 aliphatic rings. The molecule has 87 valence electrons. The monoisotopic (exact) mass is 227 g/mol. The van der Waals surface area contributed by atoms with Gasteiger partial charge < -0.3 is 5.11 Å². The fraction of sp³-hybridized carbons (Fsp3) is 0.267. The van der Waals surface area contributed by atoms with Gasteiger partial charge in [-0.2, -0.15) is 0 Å². The number of aliphatic carboxylic acids is 1. The van der Waals surface area contributed by atoms with E-state index in [0.717, 1.165) is 22.8 Å². The quantitative estimate of drug-likeness (QED) is 0.866. The molecule has 2 heteroatoms. The van der Waals surface area contributed by atoms with Crippen LogP contribution in [0.5, 0.6) is 0 Å². The molecule has 0 heterocycles. The predicted octanol–water partition coefficient (Wildman–Crippen LogP) is 3.61. The molecule has 0 saturated heterocycles. The van der Waals surface area contributed by atoms with E-state index < -0.39 is 11.9 Å². The number of carboxylic acid groups (broad SMARTS) is 1. The lowest BCUT2D eigenvalue weighted by molar-refractivity contribution is -0.138. The number of hydrogen-bond acceptors (Lipinski definition) is 1. The standard InChI is InChI=1S/C15H15O2/c1-2-6-14(15(16)17)13-10-5-8-11-7-3-4-9-12(11)13/h3-5,8-10,14H,2,6H2,1H3,(H,16,17). The van der Waals surface area contributed by atoms with Gasteiger partial charge in [0.2, 0.25) is 0 Å². The molecule has 0 bridgehead atoms. The lowest BCUT2D eigenvalue weighted by atomic mass is 9.90. The van der Waals surface area contributed by atoms with E-state index >= 15 is 0 Å². The molecule has 0 fully saturated rings. The van der Waals surface area contributed by atoms with Gasteiger partial charge in [-0.15, -0.1) is 0 Å². The van der Waals surface area contributed by atoms with Crippen LogP contribution < -0.4 is 0 Å². The Kier molecular flexibility index (Phi) is 3.43. The third kappa shape index (κ3) is 2.31. The van der Waals surface area contributed by atoms with Crippen molar-refractivity contribution in [2.45, 2.75) is 25.7 Å². The van der Waals surface area contributed by atoms with Gasteiger partial charge in [0.05, 0.1) is 5.92 Å². The van der Waals surface area contributed by atoms with E-state index in [-0.39, 0.29) is 0 Å². The van der Waals surface area contributed by atoms with Crippen LogP contribution in [0.1, 0.15) is 31.2 Å². The van der Waals surface area contributed by atoms with Crippen molar-refractivity contribution in [3.05, 3.63) is 48.0 Å². The molecule has 0 spiro atoms. The van der Waals surface area contributed by atoms with Crippen molar-refractivity contribution in [1.82, 2.24) is 0 Å². The lowest BCUT2D eigenvalue weighted by Gasteiger charge is -2.14. The van der Waals surface area contributed by atoms with E-state index in [2.05, 4.69) is 6.07 Å². The lowest BCUT2D eigenvalue weighted by Crippen LogP contribution is -2.11. The van der Waals surface area contributed by atoms with Crippen molar-refractivity contribution < 1.29 is 9.90 Å². The molecule has 1 radical (unpaired) electrons. The summed E-state index contributed by atoms with van der Waals surface area (Å²) < 4.78 is 0. The first kappa shape index (κ1) is 11.6. The maximum absolute atomic E-state index is 11.3. The summed E-state index contributed by atoms with van der Waals surface area (Å²) in [7, 11) is 0. The molecule has 0 amide bonds. The highest BCUT2D eigenvalue weighted by Gasteiger charge is 2.20. The number of carbonyl (C=O) groups is 1. The predicted molar refractivity (Wildman–Crippen MR) is 68.1 cm³/mol. The van der Waals surface area contributed by atoms with E-state index in [4.69, 9.17) is 0 Å². The Bertz CT molecular complexity index is 526. The maximum Gasteiger partial charge on any atom is 0.310 e. The van der Waals surface area contributed by atoms with E-state index in [0.29, 0.717) is 6.42 Å². The summed E-state index contributed by atoms with van der Waals surface area (Å²) in [5.74, 6) is -1.16. The summed E-state index contributed by atoms with van der Waals surface area (Å²) in [6.45, 7) is 2.01. The van der Waals surface area contributed by atoms with Gasteiger partial charge in [-0.25, -0.2) is 0 Å². The maximum atomic E-state index is 11.3. The topological polar surface area (TPSA) is 37.3 Å². The van der Waals surface area contributed by atoms with Gasteiger partial charge in [-0.1, -0.05) is 49.7 Å². The molecule has 0 aromatic heterocycles. The molecular weight excluding hydrogens is 212 g/mol. The number of hydrogen-bond donors (Lipinski definition) is 1. The van der Waals surface area contributed by atoms with Crippen LogP contribution in [-0.4, -0.2) is 11.1 Å². The molecule has 0 saturated carbocycles. The van der Waals surface area contributed by atoms with Crippen LogP contribution in [-0.2, 0) is 4.79 Å². The van der Waals surface area contributed by atoms with Gasteiger partial charge in [0, 0.05) is 0 Å². The van der Waals surface area contributed by atoms with E-state index in [9.17, 15) is 9.90 Å². The highest BCUT2D eigenvalue weighted by atomic mass is 16.4. The van der Waals surface area contributed by atoms with Gasteiger partial charge in [0.25, 0.3) is 0 Å². The Morgan fingerprint density at radius 1 is 1.35 bits per heavy atom. The Morgan fingerprint density at radius 2 is 2.18 bits per heavy atom. The fourth-order valence-corrected chi connectivity index (χ4v) is 2.18. The second-order valence-electron chi connectivity index (χ2n) is 4.16. The Labute approximate surface area is 101 Å². The molecule has 2 rings (SSSR count). The first-order valence-electron chi connectivity index (χ1n) is 5.86. The van der Waals surface area contributed by atoms with Crippen LogP contribution in [0, 0.1) is 6.07 Å². The summed E-state index contributed by atoms with van der Waals surface area (Å²) in [6, 6.07) is 14.6. The molecule has 2 aromatic rings. The zero-order chi connectivity index (χ0) is 12.3. The van der Waals surface area contributed by atoms with Gasteiger partial charge in [-0.05, 0) is 28.8 Å². The van der Waals surface area contributed by atoms with Crippen LogP contribution in [0.4, 0.5) is 0 Å². The van der Waals surface area contributed by atoms with E-state index in [1.165, 1.54) is 0 Å². The zero-order valence-electron chi connectivity index (χ0n) is 9.81. The summed E-state index contributed by atoms with van der Waals surface area (Å²) in [6.07, 6.45) is 1.53. The van der Waals surface area contributed by atoms with Crippen LogP contribution in [0.2, 0.25) is 0 Å². The second-order valence-corrected chi connectivity index (χ2v) is 4.16. The summed E-state index contributed by atoms with van der Waals surface area (Å²) >= 11 is 0. The highest BCUT2D eigenvalue weighted by molar-refractivity contribution is 5.90. The van der Waals surface area contributed by atoms with Crippen molar-refractivity contribution >= 4 is 16.7 Å². The normalized spacial score (nSPS) is 12.5. The van der Waals surface area contributed by atoms with Crippen molar-refractivity contribution in [3.63, 3.8) is 0 Å². The Hall–Kier alpha value is -1.83. The minimum atomic E-state index is -0.747. The van der Waals surface area contributed by atoms with Crippen molar-refractivity contribution in [3.8, 4) is 0 Å². The molecule has 2 aromatic carbocycles. The van der Waals surface area contributed by atoms with Gasteiger partial charge >= 0.3 is 5.97 Å². The van der Waals surface area contributed by atoms with Crippen LogP contribution in [0.25, 0.3) is 10.8 Å². The first-order valence-corrected chi connectivity index (χ1v) is 5.86. The number of benzene rings is 2. The molecule has 1 atom stereocenters. The molecular formula is C15H15O2. The third-order valence-electron chi connectivity index (χ3n) is 2.99. The largest absolute Gasteiger partial charge is 0.481 e. The van der Waals surface area contributed by atoms with Gasteiger partial charge in [-0.3, -0.25) is 4.79 Å². The minimum absolute atomic E-state index is 0.417. The average molecular weight is 227 g/mol. The van der Waals surface area contributed by atoms with Gasteiger partial charge in [0.1, 0.15) is 0 Å². The third-order valence-corrected chi connectivity index (χ3v) is 2.99. The zero-order valence-corrected chi connectivity index (χ0v) is 9.81. The smallest absolute Gasteiger partial charge is 0.310 e. The molecule has 0 aliphatic carbocycles. The highest BCUT2D eigenvalue weighted by Crippen LogP contribution is 2.28. The second kappa shape index (κ2) is 5.00. The number of carboxylic acids is 1. The van der Waals surface area contributed by atoms with E-state index in [1.807, 2.05) is 43.3 Å². The van der Waals surface area contributed by atoms with Crippen molar-refractivity contribution in [2.75, 3.05) is 0 Å². The summed E-state index contributed by atoms with van der Waals surface area (Å²) in [5.41, 5.74) is 0.897. The molecule has 1 N–H and O–H groups in total. The molecule has 17 heavy (non-hydrogen) atoms. The van der Waals surface area contributed by atoms with E-state index in [1.54, 1.807) is 0 Å². The Morgan fingerprint density at radius 3 is 2.88 bits per heavy atom. The van der Waals surface area contributed by atoms with Crippen molar-refractivity contribution in [1.29, 1.82) is 0 Å². The molecule has 0 aliphatic heterocycles. The first-order chi connectivity index (χ1) is 8.24. The van der Waals surface area contributed by atoms with Crippen molar-refractivity contribution in [2.24, 2.45) is 0 Å². The summed E-state index contributed by atoms with van der Waals surface area (Å²) in [5, 5.41) is 11.3. The van der Waals surface area contributed by atoms with Crippen LogP contribution in [0.3, 0.4) is 0 Å². The Balaban J connectivity index is 2.56. The molecule has 2 nitrogen and oxygen atoms in total. The SMILES string of the molecule is CCCC(C(=O)O)c1cccc2[c]cccc12. The average Bonchev–Trinajstić information content (AvgIpc) is 2.35. The minimum Gasteiger partial charge on any atom is -0.481 e. The van der Waals surface area contributed by atoms with Gasteiger partial charge in [0.15, 0.2) is 0 Å². The molecule has 1 unspecified atom stereocenters. The van der Waals surface area contributed by atoms with Crippen LogP contribution >= 0.6 is 0 Å². The summed E-state index contributed by atoms with van der Waals surface area (Å²) in [4.78, 5) is 11.3. The number of fused-ring (bicyclic) bond motifs is 1. The number of rotatable bonds is 4. The van der Waals surface area contributed by atoms with Crippen LogP contribution in [0.15, 0.2) is 36.4 Å².